The van der Waals surface area contributed by atoms with E-state index >= 15 is 0 Å². The second-order valence-corrected chi connectivity index (χ2v) is 8.04. The van der Waals surface area contributed by atoms with E-state index in [2.05, 4.69) is 16.9 Å². The van der Waals surface area contributed by atoms with Gasteiger partial charge in [0.05, 0.1) is 5.39 Å². The van der Waals surface area contributed by atoms with E-state index in [9.17, 15) is 4.79 Å². The summed E-state index contributed by atoms with van der Waals surface area (Å²) >= 11 is 1.59. The van der Waals surface area contributed by atoms with Crippen molar-refractivity contribution in [2.45, 2.75) is 65.4 Å². The lowest BCUT2D eigenvalue weighted by atomic mass is 10.0. The van der Waals surface area contributed by atoms with Gasteiger partial charge in [0.2, 0.25) is 5.88 Å². The normalized spacial score (nSPS) is 11.1. The molecule has 0 spiro atoms. The van der Waals surface area contributed by atoms with Crippen LogP contribution in [0.3, 0.4) is 0 Å². The number of ether oxygens (including phenoxy) is 1. The fourth-order valence-corrected chi connectivity index (χ4v) is 3.99. The summed E-state index contributed by atoms with van der Waals surface area (Å²) in [6.45, 7) is 4.51. The zero-order chi connectivity index (χ0) is 19.8. The predicted octanol–water partition coefficient (Wildman–Crippen LogP) is 6.51. The van der Waals surface area contributed by atoms with Gasteiger partial charge in [-0.3, -0.25) is 4.79 Å². The van der Waals surface area contributed by atoms with Gasteiger partial charge in [-0.2, -0.15) is 4.98 Å². The molecule has 5 heteroatoms. The number of Topliss-reactive ketones (excluding diaryl/α,β-unsaturated/α-hetero) is 1. The number of rotatable bonds is 11. The summed E-state index contributed by atoms with van der Waals surface area (Å²) in [4.78, 5) is 22.1. The van der Waals surface area contributed by atoms with Crippen LogP contribution in [0.5, 0.6) is 5.88 Å². The minimum absolute atomic E-state index is 0.231. The minimum atomic E-state index is 0.231. The van der Waals surface area contributed by atoms with Gasteiger partial charge in [-0.15, -0.1) is 11.3 Å². The molecule has 1 aromatic carbocycles. The van der Waals surface area contributed by atoms with Crippen molar-refractivity contribution in [3.63, 3.8) is 0 Å². The monoisotopic (exact) mass is 396 g/mol. The zero-order valence-electron chi connectivity index (χ0n) is 16.7. The van der Waals surface area contributed by atoms with E-state index in [1.165, 1.54) is 25.7 Å². The third kappa shape index (κ3) is 5.61. The van der Waals surface area contributed by atoms with E-state index in [0.29, 0.717) is 24.7 Å². The van der Waals surface area contributed by atoms with Crippen LogP contribution in [-0.2, 0) is 6.61 Å². The summed E-state index contributed by atoms with van der Waals surface area (Å²) in [5.41, 5.74) is 1.81. The molecule has 0 radical (unpaired) electrons. The molecule has 0 saturated carbocycles. The highest BCUT2D eigenvalue weighted by molar-refractivity contribution is 7.16. The first-order chi connectivity index (χ1) is 13.7. The van der Waals surface area contributed by atoms with Gasteiger partial charge in [0.15, 0.2) is 5.78 Å². The Balaban J connectivity index is 1.50. The van der Waals surface area contributed by atoms with Crippen molar-refractivity contribution in [2.75, 3.05) is 0 Å². The van der Waals surface area contributed by atoms with Crippen LogP contribution in [0.25, 0.3) is 10.2 Å². The number of carbonyl (C=O) groups is 1. The third-order valence-corrected chi connectivity index (χ3v) is 5.62. The Hall–Kier alpha value is -2.27. The standard InChI is InChI=1S/C23H28N2O2S/c1-3-4-5-6-7-8-9-21(26)19-12-10-18(11-13-19)16-27-22-20-14-15-28-23(20)25-17(2)24-22/h10-15H,3-9,16H2,1-2H3. The highest BCUT2D eigenvalue weighted by Crippen LogP contribution is 2.27. The molecule has 4 nitrogen and oxygen atoms in total. The fourth-order valence-electron chi connectivity index (χ4n) is 3.19. The van der Waals surface area contributed by atoms with E-state index in [-0.39, 0.29) is 5.78 Å². The van der Waals surface area contributed by atoms with Gasteiger partial charge >= 0.3 is 0 Å². The Labute approximate surface area is 171 Å². The number of benzene rings is 1. The second-order valence-electron chi connectivity index (χ2n) is 7.14. The highest BCUT2D eigenvalue weighted by atomic mass is 32.1. The number of thiophene rings is 1. The Morgan fingerprint density at radius 2 is 1.75 bits per heavy atom. The zero-order valence-corrected chi connectivity index (χ0v) is 17.6. The van der Waals surface area contributed by atoms with E-state index in [0.717, 1.165) is 34.2 Å². The van der Waals surface area contributed by atoms with E-state index in [1.54, 1.807) is 11.3 Å². The first-order valence-electron chi connectivity index (χ1n) is 10.1. The fraction of sp³-hybridized carbons (Fsp3) is 0.435. The second kappa shape index (κ2) is 10.3. The average molecular weight is 397 g/mol. The van der Waals surface area contributed by atoms with Crippen molar-refractivity contribution in [2.24, 2.45) is 0 Å². The van der Waals surface area contributed by atoms with E-state index < -0.39 is 0 Å². The molecule has 3 rings (SSSR count). The Morgan fingerprint density at radius 3 is 2.54 bits per heavy atom. The molecule has 0 aliphatic heterocycles. The molecule has 0 fully saturated rings. The Bertz CT molecular complexity index is 903. The van der Waals surface area contributed by atoms with Gasteiger partial charge in [-0.1, -0.05) is 63.3 Å². The lowest BCUT2D eigenvalue weighted by molar-refractivity contribution is 0.0979. The van der Waals surface area contributed by atoms with Crippen LogP contribution in [0.2, 0.25) is 0 Å². The molecule has 2 heterocycles. The maximum absolute atomic E-state index is 12.3. The molecule has 0 saturated heterocycles. The number of hydrogen-bond donors (Lipinski definition) is 0. The van der Waals surface area contributed by atoms with Crippen molar-refractivity contribution in [1.29, 1.82) is 0 Å². The Morgan fingerprint density at radius 1 is 1.00 bits per heavy atom. The molecule has 0 bridgehead atoms. The number of fused-ring (bicyclic) bond motifs is 1. The van der Waals surface area contributed by atoms with Crippen molar-refractivity contribution in [1.82, 2.24) is 9.97 Å². The summed E-state index contributed by atoms with van der Waals surface area (Å²) in [6.07, 6.45) is 7.83. The van der Waals surface area contributed by atoms with Crippen molar-refractivity contribution < 1.29 is 9.53 Å². The van der Waals surface area contributed by atoms with Crippen molar-refractivity contribution >= 4 is 27.3 Å². The van der Waals surface area contributed by atoms with Crippen LogP contribution in [0.1, 0.15) is 73.6 Å². The predicted molar refractivity (Wildman–Crippen MR) is 115 cm³/mol. The van der Waals surface area contributed by atoms with Gasteiger partial charge in [-0.25, -0.2) is 4.98 Å². The molecular weight excluding hydrogens is 368 g/mol. The molecule has 148 valence electrons. The van der Waals surface area contributed by atoms with Gasteiger partial charge in [0, 0.05) is 12.0 Å². The number of hydrogen-bond acceptors (Lipinski definition) is 5. The number of unbranched alkanes of at least 4 members (excludes halogenated alkanes) is 5. The van der Waals surface area contributed by atoms with Crippen LogP contribution < -0.4 is 4.74 Å². The lowest BCUT2D eigenvalue weighted by Gasteiger charge is -2.08. The molecule has 0 unspecified atom stereocenters. The molecule has 0 atom stereocenters. The van der Waals surface area contributed by atoms with Gasteiger partial charge in [-0.05, 0) is 30.4 Å². The average Bonchev–Trinajstić information content (AvgIpc) is 3.17. The Kier molecular flexibility index (Phi) is 7.54. The molecule has 0 amide bonds. The maximum Gasteiger partial charge on any atom is 0.225 e. The van der Waals surface area contributed by atoms with Crippen LogP contribution in [-0.4, -0.2) is 15.8 Å². The molecule has 0 aliphatic rings. The molecule has 0 N–H and O–H groups in total. The first kappa shape index (κ1) is 20.5. The summed E-state index contributed by atoms with van der Waals surface area (Å²) in [6, 6.07) is 9.73. The summed E-state index contributed by atoms with van der Waals surface area (Å²) < 4.78 is 5.93. The summed E-state index contributed by atoms with van der Waals surface area (Å²) in [5, 5.41) is 2.94. The largest absolute Gasteiger partial charge is 0.472 e. The molecule has 0 aliphatic carbocycles. The maximum atomic E-state index is 12.3. The lowest BCUT2D eigenvalue weighted by Crippen LogP contribution is -2.02. The number of ketones is 1. The van der Waals surface area contributed by atoms with Crippen LogP contribution in [0.15, 0.2) is 35.7 Å². The number of aromatic nitrogens is 2. The van der Waals surface area contributed by atoms with E-state index in [4.69, 9.17) is 4.74 Å². The SMILES string of the molecule is CCCCCCCCC(=O)c1ccc(COc2nc(C)nc3sccc23)cc1. The van der Waals surface area contributed by atoms with Crippen LogP contribution in [0.4, 0.5) is 0 Å². The molecule has 2 aromatic heterocycles. The summed E-state index contributed by atoms with van der Waals surface area (Å²) in [5.74, 6) is 1.56. The number of aryl methyl sites for hydroxylation is 1. The topological polar surface area (TPSA) is 52.1 Å². The molecular formula is C23H28N2O2S. The van der Waals surface area contributed by atoms with Gasteiger partial charge in [0.1, 0.15) is 17.3 Å². The van der Waals surface area contributed by atoms with Crippen molar-refractivity contribution in [3.8, 4) is 5.88 Å². The molecule has 28 heavy (non-hydrogen) atoms. The van der Waals surface area contributed by atoms with Crippen LogP contribution >= 0.6 is 11.3 Å². The molecule has 3 aromatic rings. The summed E-state index contributed by atoms with van der Waals surface area (Å²) in [7, 11) is 0. The van der Waals surface area contributed by atoms with Crippen molar-refractivity contribution in [3.05, 3.63) is 52.7 Å². The van der Waals surface area contributed by atoms with E-state index in [1.807, 2.05) is 42.6 Å². The highest BCUT2D eigenvalue weighted by Gasteiger charge is 2.09. The third-order valence-electron chi connectivity index (χ3n) is 4.81. The number of carbonyl (C=O) groups excluding carboxylic acids is 1. The van der Waals surface area contributed by atoms with Crippen LogP contribution in [0, 0.1) is 6.92 Å². The minimum Gasteiger partial charge on any atom is -0.472 e. The number of nitrogens with zero attached hydrogens (tertiary/aromatic N) is 2. The smallest absolute Gasteiger partial charge is 0.225 e. The first-order valence-corrected chi connectivity index (χ1v) is 11.0. The van der Waals surface area contributed by atoms with Gasteiger partial charge in [0.25, 0.3) is 0 Å². The van der Waals surface area contributed by atoms with Gasteiger partial charge < -0.3 is 4.74 Å². The quantitative estimate of drug-likeness (QED) is 0.274.